The van der Waals surface area contributed by atoms with Crippen LogP contribution in [0.2, 0.25) is 0 Å². The Balaban J connectivity index is 1.63. The van der Waals surface area contributed by atoms with Gasteiger partial charge in [0.15, 0.2) is 0 Å². The van der Waals surface area contributed by atoms with E-state index in [4.69, 9.17) is 10.00 Å². The minimum absolute atomic E-state index is 0.238. The van der Waals surface area contributed by atoms with Crippen LogP contribution in [0.3, 0.4) is 0 Å². The predicted octanol–water partition coefficient (Wildman–Crippen LogP) is 4.79. The summed E-state index contributed by atoms with van der Waals surface area (Å²) >= 11 is 0. The lowest BCUT2D eigenvalue weighted by atomic mass is 9.97. The van der Waals surface area contributed by atoms with Gasteiger partial charge in [0.1, 0.15) is 5.75 Å². The second-order valence-electron chi connectivity index (χ2n) is 5.56. The molecule has 0 N–H and O–H groups in total. The Kier molecular flexibility index (Phi) is 4.75. The lowest BCUT2D eigenvalue weighted by Crippen LogP contribution is -2.04. The van der Waals surface area contributed by atoms with E-state index in [1.165, 1.54) is 5.39 Å². The van der Waals surface area contributed by atoms with Crippen LogP contribution in [0.4, 0.5) is 0 Å². The number of fused-ring (bicyclic) bond motifs is 1. The number of hydrogen-bond donors (Lipinski definition) is 0. The highest BCUT2D eigenvalue weighted by Gasteiger charge is 2.11. The maximum absolute atomic E-state index is 9.37. The topological polar surface area (TPSA) is 56.8 Å². The van der Waals surface area contributed by atoms with E-state index in [2.05, 4.69) is 24.3 Å². The summed E-state index contributed by atoms with van der Waals surface area (Å²) in [6.07, 6.45) is 0.606. The SMILES string of the molecule is N#Cc1ccc(C(C#N)CCOc2ccc3ccccc3c2)cc1. The minimum Gasteiger partial charge on any atom is -0.494 e. The third-order valence-corrected chi connectivity index (χ3v) is 3.99. The molecule has 3 nitrogen and oxygen atoms in total. The predicted molar refractivity (Wildman–Crippen MR) is 93.6 cm³/mol. The van der Waals surface area contributed by atoms with Crippen molar-refractivity contribution in [2.24, 2.45) is 0 Å². The summed E-state index contributed by atoms with van der Waals surface area (Å²) in [6.45, 7) is 0.469. The Labute approximate surface area is 141 Å². The smallest absolute Gasteiger partial charge is 0.119 e. The summed E-state index contributed by atoms with van der Waals surface area (Å²) in [5.41, 5.74) is 1.52. The summed E-state index contributed by atoms with van der Waals surface area (Å²) in [6, 6.07) is 25.7. The number of nitrogens with zero attached hydrogens (tertiary/aromatic N) is 2. The van der Waals surface area contributed by atoms with Gasteiger partial charge in [0.2, 0.25) is 0 Å². The van der Waals surface area contributed by atoms with Crippen LogP contribution in [0, 0.1) is 22.7 Å². The molecule has 0 aliphatic carbocycles. The highest BCUT2D eigenvalue weighted by molar-refractivity contribution is 5.83. The molecule has 24 heavy (non-hydrogen) atoms. The summed E-state index contributed by atoms with van der Waals surface area (Å²) in [4.78, 5) is 0. The van der Waals surface area contributed by atoms with E-state index < -0.39 is 0 Å². The molecule has 1 unspecified atom stereocenters. The van der Waals surface area contributed by atoms with Crippen LogP contribution in [0.25, 0.3) is 10.8 Å². The molecule has 0 radical (unpaired) electrons. The standard InChI is InChI=1S/C21H16N2O/c22-14-16-5-7-18(8-6-16)20(15-23)11-12-24-21-10-9-17-3-1-2-4-19(17)13-21/h1-10,13,20H,11-12H2. The number of ether oxygens (including phenoxy) is 1. The molecule has 0 saturated carbocycles. The van der Waals surface area contributed by atoms with Crippen LogP contribution in [0.1, 0.15) is 23.5 Å². The largest absolute Gasteiger partial charge is 0.494 e. The van der Waals surface area contributed by atoms with E-state index >= 15 is 0 Å². The van der Waals surface area contributed by atoms with Crippen LogP contribution in [0.15, 0.2) is 66.7 Å². The summed E-state index contributed by atoms with van der Waals surface area (Å²) in [5, 5.41) is 20.5. The molecule has 3 heteroatoms. The van der Waals surface area contributed by atoms with Crippen molar-refractivity contribution in [1.29, 1.82) is 10.5 Å². The van der Waals surface area contributed by atoms with Gasteiger partial charge in [-0.2, -0.15) is 10.5 Å². The third kappa shape index (κ3) is 3.54. The van der Waals surface area contributed by atoms with Crippen molar-refractivity contribution in [2.45, 2.75) is 12.3 Å². The van der Waals surface area contributed by atoms with E-state index in [0.29, 0.717) is 18.6 Å². The van der Waals surface area contributed by atoms with Crippen LogP contribution in [0.5, 0.6) is 5.75 Å². The second kappa shape index (κ2) is 7.31. The number of nitriles is 2. The molecule has 0 bridgehead atoms. The Hall–Kier alpha value is -3.30. The first-order valence-corrected chi connectivity index (χ1v) is 7.81. The normalized spacial score (nSPS) is 11.4. The van der Waals surface area contributed by atoms with Crippen molar-refractivity contribution in [3.05, 3.63) is 77.9 Å². The molecule has 0 aromatic heterocycles. The zero-order valence-electron chi connectivity index (χ0n) is 13.1. The lowest BCUT2D eigenvalue weighted by molar-refractivity contribution is 0.306. The first-order chi connectivity index (χ1) is 11.8. The molecule has 3 rings (SSSR count). The van der Waals surface area contributed by atoms with Gasteiger partial charge in [0.25, 0.3) is 0 Å². The Morgan fingerprint density at radius 1 is 0.875 bits per heavy atom. The van der Waals surface area contributed by atoms with Crippen molar-refractivity contribution in [2.75, 3.05) is 6.61 Å². The van der Waals surface area contributed by atoms with Gasteiger partial charge < -0.3 is 4.74 Å². The zero-order valence-corrected chi connectivity index (χ0v) is 13.1. The van der Waals surface area contributed by atoms with E-state index in [-0.39, 0.29) is 5.92 Å². The maximum atomic E-state index is 9.37. The van der Waals surface area contributed by atoms with E-state index in [1.54, 1.807) is 12.1 Å². The quantitative estimate of drug-likeness (QED) is 0.680. The van der Waals surface area contributed by atoms with Gasteiger partial charge >= 0.3 is 0 Å². The lowest BCUT2D eigenvalue weighted by Gasteiger charge is -2.11. The van der Waals surface area contributed by atoms with Gasteiger partial charge in [-0.15, -0.1) is 0 Å². The van der Waals surface area contributed by atoms with Crippen molar-refractivity contribution in [1.82, 2.24) is 0 Å². The van der Waals surface area contributed by atoms with Crippen molar-refractivity contribution in [3.8, 4) is 17.9 Å². The van der Waals surface area contributed by atoms with Crippen molar-refractivity contribution >= 4 is 10.8 Å². The third-order valence-electron chi connectivity index (χ3n) is 3.99. The fraction of sp³-hybridized carbons (Fsp3) is 0.143. The van der Waals surface area contributed by atoms with Gasteiger partial charge in [-0.3, -0.25) is 0 Å². The molecule has 0 heterocycles. The monoisotopic (exact) mass is 312 g/mol. The Morgan fingerprint density at radius 2 is 1.62 bits per heavy atom. The molecule has 0 spiro atoms. The second-order valence-corrected chi connectivity index (χ2v) is 5.56. The van der Waals surface area contributed by atoms with Crippen molar-refractivity contribution < 1.29 is 4.74 Å². The fourth-order valence-electron chi connectivity index (χ4n) is 2.65. The molecule has 0 fully saturated rings. The van der Waals surface area contributed by atoms with Gasteiger partial charge in [-0.1, -0.05) is 42.5 Å². The zero-order chi connectivity index (χ0) is 16.8. The number of hydrogen-bond acceptors (Lipinski definition) is 3. The van der Waals surface area contributed by atoms with Crippen LogP contribution < -0.4 is 4.74 Å². The van der Waals surface area contributed by atoms with Crippen LogP contribution >= 0.6 is 0 Å². The first kappa shape index (κ1) is 15.6. The molecule has 0 amide bonds. The van der Waals surface area contributed by atoms with Crippen LogP contribution in [-0.2, 0) is 0 Å². The molecule has 116 valence electrons. The highest BCUT2D eigenvalue weighted by atomic mass is 16.5. The molecule has 0 aliphatic rings. The molecule has 1 atom stereocenters. The number of benzene rings is 3. The fourth-order valence-corrected chi connectivity index (χ4v) is 2.65. The average Bonchev–Trinajstić information content (AvgIpc) is 2.65. The van der Waals surface area contributed by atoms with E-state index in [0.717, 1.165) is 16.7 Å². The number of rotatable bonds is 5. The average molecular weight is 312 g/mol. The summed E-state index contributed by atoms with van der Waals surface area (Å²) in [5.74, 6) is 0.573. The van der Waals surface area contributed by atoms with Gasteiger partial charge in [0.05, 0.1) is 30.2 Å². The molecule has 0 aliphatic heterocycles. The van der Waals surface area contributed by atoms with Gasteiger partial charge in [0, 0.05) is 6.42 Å². The molecule has 0 saturated heterocycles. The van der Waals surface area contributed by atoms with Gasteiger partial charge in [-0.25, -0.2) is 0 Å². The molecular formula is C21H16N2O. The highest BCUT2D eigenvalue weighted by Crippen LogP contribution is 2.23. The van der Waals surface area contributed by atoms with Crippen molar-refractivity contribution in [3.63, 3.8) is 0 Å². The molecule has 3 aromatic carbocycles. The van der Waals surface area contributed by atoms with Gasteiger partial charge in [-0.05, 0) is 40.6 Å². The van der Waals surface area contributed by atoms with E-state index in [9.17, 15) is 5.26 Å². The maximum Gasteiger partial charge on any atom is 0.119 e. The summed E-state index contributed by atoms with van der Waals surface area (Å²) < 4.78 is 5.81. The van der Waals surface area contributed by atoms with Crippen LogP contribution in [-0.4, -0.2) is 6.61 Å². The Bertz CT molecular complexity index is 917. The van der Waals surface area contributed by atoms with E-state index in [1.807, 2.05) is 42.5 Å². The molecular weight excluding hydrogens is 296 g/mol. The minimum atomic E-state index is -0.238. The molecule has 3 aromatic rings. The Morgan fingerprint density at radius 3 is 2.33 bits per heavy atom. The first-order valence-electron chi connectivity index (χ1n) is 7.81. The summed E-state index contributed by atoms with van der Waals surface area (Å²) in [7, 11) is 0.